The van der Waals surface area contributed by atoms with Crippen molar-refractivity contribution in [2.45, 2.75) is 22.4 Å². The van der Waals surface area contributed by atoms with Gasteiger partial charge in [-0.2, -0.15) is 0 Å². The number of para-hydroxylation sites is 1. The van der Waals surface area contributed by atoms with Crippen LogP contribution in [0.1, 0.15) is 22.5 Å². The molecule has 0 unspecified atom stereocenters. The number of hydrogen-bond donors (Lipinski definition) is 1. The summed E-state index contributed by atoms with van der Waals surface area (Å²) in [6.07, 6.45) is -1.22. The molecule has 0 bridgehead atoms. The van der Waals surface area contributed by atoms with E-state index in [1.807, 2.05) is 24.3 Å². The molecular weight excluding hydrogens is 352 g/mol. The van der Waals surface area contributed by atoms with E-state index >= 15 is 0 Å². The summed E-state index contributed by atoms with van der Waals surface area (Å²) in [6, 6.07) is 15.3. The van der Waals surface area contributed by atoms with Crippen molar-refractivity contribution in [1.29, 1.82) is 0 Å². The van der Waals surface area contributed by atoms with Gasteiger partial charge in [0.05, 0.1) is 12.6 Å². The fraction of sp³-hybridized carbons (Fsp3) is 0.211. The minimum Gasteiger partial charge on any atom is -0.497 e. The number of nitro groups is 1. The average Bonchev–Trinajstić information content (AvgIpc) is 2.66. The second-order valence-corrected chi connectivity index (χ2v) is 7.24. The zero-order chi connectivity index (χ0) is 18.3. The molecule has 0 saturated carbocycles. The first-order valence-corrected chi connectivity index (χ1v) is 8.98. The van der Waals surface area contributed by atoms with Crippen molar-refractivity contribution in [2.75, 3.05) is 7.11 Å². The quantitative estimate of drug-likeness (QED) is 0.559. The molecule has 26 heavy (non-hydrogen) atoms. The fourth-order valence-corrected chi connectivity index (χ4v) is 4.63. The van der Waals surface area contributed by atoms with Gasteiger partial charge in [-0.25, -0.2) is 4.98 Å². The van der Waals surface area contributed by atoms with Gasteiger partial charge in [0.15, 0.2) is 6.10 Å². The van der Waals surface area contributed by atoms with Crippen LogP contribution in [0.5, 0.6) is 5.75 Å². The molecule has 2 aromatic carbocycles. The molecule has 0 saturated heterocycles. The average molecular weight is 368 g/mol. The summed E-state index contributed by atoms with van der Waals surface area (Å²) in [4.78, 5) is 16.0. The normalized spacial score (nSPS) is 22.0. The Hall–Kier alpha value is -2.64. The molecule has 1 aliphatic rings. The maximum atomic E-state index is 11.7. The number of methoxy groups -OCH3 is 1. The second-order valence-electron chi connectivity index (χ2n) is 6.11. The zero-order valence-electron chi connectivity index (χ0n) is 13.9. The van der Waals surface area contributed by atoms with Crippen molar-refractivity contribution in [3.63, 3.8) is 0 Å². The van der Waals surface area contributed by atoms with Crippen molar-refractivity contribution in [2.24, 2.45) is 0 Å². The van der Waals surface area contributed by atoms with Gasteiger partial charge < -0.3 is 9.84 Å². The highest BCUT2D eigenvalue weighted by Crippen LogP contribution is 2.49. The maximum Gasteiger partial charge on any atom is 0.258 e. The molecule has 0 fully saturated rings. The summed E-state index contributed by atoms with van der Waals surface area (Å²) in [5, 5.41) is 23.5. The largest absolute Gasteiger partial charge is 0.497 e. The van der Waals surface area contributed by atoms with Gasteiger partial charge in [0, 0.05) is 15.9 Å². The van der Waals surface area contributed by atoms with Gasteiger partial charge in [0.2, 0.25) is 0 Å². The highest BCUT2D eigenvalue weighted by atomic mass is 32.2. The molecule has 3 atom stereocenters. The standard InChI is InChI=1S/C19H16N2O4S/c1-25-13-8-6-11(7-9-13)18-16(21(23)24)17(22)14-10-12-4-2-3-5-15(12)20-19(14)26-18/h2-10,16-18,22H,1H3/t16-,17+,18+/m0/s1. The van der Waals surface area contributed by atoms with Crippen LogP contribution in [0.3, 0.4) is 0 Å². The third-order valence-electron chi connectivity index (χ3n) is 4.60. The number of fused-ring (bicyclic) bond motifs is 2. The number of aliphatic hydroxyl groups is 1. The van der Waals surface area contributed by atoms with Crippen molar-refractivity contribution >= 4 is 22.7 Å². The number of rotatable bonds is 3. The molecule has 0 radical (unpaired) electrons. The Kier molecular flexibility index (Phi) is 4.26. The predicted molar refractivity (Wildman–Crippen MR) is 99.1 cm³/mol. The van der Waals surface area contributed by atoms with Gasteiger partial charge in [0.25, 0.3) is 6.04 Å². The molecule has 4 rings (SSSR count). The summed E-state index contributed by atoms with van der Waals surface area (Å²) in [6.45, 7) is 0. The molecule has 0 amide bonds. The van der Waals surface area contributed by atoms with Crippen LogP contribution < -0.4 is 4.74 Å². The number of aromatic nitrogens is 1. The van der Waals surface area contributed by atoms with E-state index in [1.165, 1.54) is 11.8 Å². The van der Waals surface area contributed by atoms with Crippen LogP contribution in [0.2, 0.25) is 0 Å². The Morgan fingerprint density at radius 3 is 2.62 bits per heavy atom. The van der Waals surface area contributed by atoms with Crippen LogP contribution in [-0.4, -0.2) is 28.2 Å². The number of benzene rings is 2. The molecule has 0 spiro atoms. The number of hydrogen-bond acceptors (Lipinski definition) is 6. The van der Waals surface area contributed by atoms with E-state index in [4.69, 9.17) is 4.74 Å². The van der Waals surface area contributed by atoms with Crippen LogP contribution in [0.15, 0.2) is 59.6 Å². The predicted octanol–water partition coefficient (Wildman–Crippen LogP) is 3.77. The van der Waals surface area contributed by atoms with E-state index in [1.54, 1.807) is 37.4 Å². The summed E-state index contributed by atoms with van der Waals surface area (Å²) < 4.78 is 5.15. The molecular formula is C19H16N2O4S. The lowest BCUT2D eigenvalue weighted by Gasteiger charge is -2.30. The Morgan fingerprint density at radius 1 is 1.19 bits per heavy atom. The van der Waals surface area contributed by atoms with Crippen LogP contribution in [0.4, 0.5) is 0 Å². The van der Waals surface area contributed by atoms with Gasteiger partial charge in [-0.05, 0) is 29.8 Å². The van der Waals surface area contributed by atoms with Gasteiger partial charge in [-0.3, -0.25) is 10.1 Å². The van der Waals surface area contributed by atoms with Gasteiger partial charge >= 0.3 is 0 Å². The third kappa shape index (κ3) is 2.79. The molecule has 2 heterocycles. The van der Waals surface area contributed by atoms with Crippen molar-refractivity contribution < 1.29 is 14.8 Å². The Bertz CT molecular complexity index is 977. The molecule has 0 aliphatic carbocycles. The number of thioether (sulfide) groups is 1. The summed E-state index contributed by atoms with van der Waals surface area (Å²) in [7, 11) is 1.57. The van der Waals surface area contributed by atoms with Crippen LogP contribution >= 0.6 is 11.8 Å². The Labute approximate surface area is 154 Å². The van der Waals surface area contributed by atoms with E-state index in [9.17, 15) is 15.2 Å². The molecule has 132 valence electrons. The summed E-state index contributed by atoms with van der Waals surface area (Å²) >= 11 is 1.32. The monoisotopic (exact) mass is 368 g/mol. The van der Waals surface area contributed by atoms with Crippen LogP contribution in [-0.2, 0) is 0 Å². The van der Waals surface area contributed by atoms with E-state index in [0.29, 0.717) is 16.3 Å². The van der Waals surface area contributed by atoms with Crippen molar-refractivity contribution in [1.82, 2.24) is 4.98 Å². The van der Waals surface area contributed by atoms with E-state index in [2.05, 4.69) is 4.98 Å². The Morgan fingerprint density at radius 2 is 1.92 bits per heavy atom. The SMILES string of the molecule is COc1ccc([C@H]2Sc3nc4ccccc4cc3[C@@H](O)[C@@H]2[N+](=O)[O-])cc1. The number of pyridine rings is 1. The first-order chi connectivity index (χ1) is 12.6. The smallest absolute Gasteiger partial charge is 0.258 e. The lowest BCUT2D eigenvalue weighted by molar-refractivity contribution is -0.536. The molecule has 6 nitrogen and oxygen atoms in total. The van der Waals surface area contributed by atoms with Gasteiger partial charge in [-0.1, -0.05) is 42.1 Å². The fourth-order valence-electron chi connectivity index (χ4n) is 3.25. The molecule has 3 aromatic rings. The van der Waals surface area contributed by atoms with Crippen molar-refractivity contribution in [3.05, 3.63) is 75.8 Å². The first kappa shape index (κ1) is 16.8. The second kappa shape index (κ2) is 6.59. The highest BCUT2D eigenvalue weighted by Gasteiger charge is 2.46. The first-order valence-electron chi connectivity index (χ1n) is 8.10. The van der Waals surface area contributed by atoms with E-state index < -0.39 is 22.3 Å². The maximum absolute atomic E-state index is 11.7. The van der Waals surface area contributed by atoms with E-state index in [0.717, 1.165) is 16.5 Å². The van der Waals surface area contributed by atoms with Gasteiger partial charge in [0.1, 0.15) is 16.0 Å². The molecule has 1 aliphatic heterocycles. The van der Waals surface area contributed by atoms with Crippen LogP contribution in [0.25, 0.3) is 10.9 Å². The number of ether oxygens (including phenoxy) is 1. The minimum atomic E-state index is -1.22. The molecule has 7 heteroatoms. The summed E-state index contributed by atoms with van der Waals surface area (Å²) in [5.41, 5.74) is 2.08. The minimum absolute atomic E-state index is 0.398. The molecule has 1 aromatic heterocycles. The lowest BCUT2D eigenvalue weighted by atomic mass is 9.95. The topological polar surface area (TPSA) is 85.5 Å². The molecule has 1 N–H and O–H groups in total. The number of aliphatic hydroxyl groups excluding tert-OH is 1. The van der Waals surface area contributed by atoms with Gasteiger partial charge in [-0.15, -0.1) is 0 Å². The summed E-state index contributed by atoms with van der Waals surface area (Å²) in [5.74, 6) is 0.678. The van der Waals surface area contributed by atoms with Crippen molar-refractivity contribution in [3.8, 4) is 5.75 Å². The Balaban J connectivity index is 1.82. The van der Waals surface area contributed by atoms with E-state index in [-0.39, 0.29) is 0 Å². The highest BCUT2D eigenvalue weighted by molar-refractivity contribution is 7.99. The third-order valence-corrected chi connectivity index (χ3v) is 5.95. The number of nitrogens with zero attached hydrogens (tertiary/aromatic N) is 2. The lowest BCUT2D eigenvalue weighted by Crippen LogP contribution is -2.35. The zero-order valence-corrected chi connectivity index (χ0v) is 14.7. The van der Waals surface area contributed by atoms with Crippen LogP contribution in [0, 0.1) is 10.1 Å².